The molecule has 0 radical (unpaired) electrons. The number of hydrogen-bond donors (Lipinski definition) is 0. The number of nitrogens with zero attached hydrogens (tertiary/aromatic N) is 2. The first-order valence-corrected chi connectivity index (χ1v) is 12.0. The minimum absolute atomic E-state index is 0.0112. The molecule has 2 aromatic heterocycles. The van der Waals surface area contributed by atoms with Gasteiger partial charge >= 0.3 is 0 Å². The van der Waals surface area contributed by atoms with Gasteiger partial charge in [-0.3, -0.25) is 9.59 Å². The summed E-state index contributed by atoms with van der Waals surface area (Å²) < 4.78 is 13.3. The summed E-state index contributed by atoms with van der Waals surface area (Å²) in [6.07, 6.45) is 0.756. The van der Waals surface area contributed by atoms with Gasteiger partial charge < -0.3 is 9.80 Å². The van der Waals surface area contributed by atoms with Gasteiger partial charge in [0.2, 0.25) is 5.91 Å². The third-order valence-corrected chi connectivity index (χ3v) is 7.05. The van der Waals surface area contributed by atoms with Crippen LogP contribution in [0.4, 0.5) is 4.39 Å². The van der Waals surface area contributed by atoms with E-state index >= 15 is 0 Å². The predicted octanol–water partition coefficient (Wildman–Crippen LogP) is 5.73. The lowest BCUT2D eigenvalue weighted by Gasteiger charge is -2.31. The van der Waals surface area contributed by atoms with Crippen molar-refractivity contribution in [2.45, 2.75) is 46.3 Å². The minimum Gasteiger partial charge on any atom is -0.332 e. The zero-order valence-corrected chi connectivity index (χ0v) is 19.6. The van der Waals surface area contributed by atoms with Gasteiger partial charge in [-0.2, -0.15) is 0 Å². The number of carbonyl (C=O) groups is 2. The molecule has 2 heterocycles. The van der Waals surface area contributed by atoms with Gasteiger partial charge in [-0.15, -0.1) is 22.7 Å². The maximum absolute atomic E-state index is 13.4. The molecule has 0 aliphatic carbocycles. The van der Waals surface area contributed by atoms with Gasteiger partial charge in [0.1, 0.15) is 12.4 Å². The predicted molar refractivity (Wildman–Crippen MR) is 125 cm³/mol. The van der Waals surface area contributed by atoms with Crippen molar-refractivity contribution in [1.29, 1.82) is 0 Å². The lowest BCUT2D eigenvalue weighted by molar-refractivity contribution is -0.133. The zero-order valence-electron chi connectivity index (χ0n) is 18.0. The molecule has 1 aromatic carbocycles. The molecule has 0 N–H and O–H groups in total. The molecule has 0 bridgehead atoms. The van der Waals surface area contributed by atoms with E-state index in [0.717, 1.165) is 16.9 Å². The van der Waals surface area contributed by atoms with Crippen LogP contribution >= 0.6 is 22.7 Å². The highest BCUT2D eigenvalue weighted by Crippen LogP contribution is 2.20. The quantitative estimate of drug-likeness (QED) is 0.411. The van der Waals surface area contributed by atoms with Gasteiger partial charge in [0.15, 0.2) is 0 Å². The molecule has 0 aliphatic heterocycles. The second-order valence-corrected chi connectivity index (χ2v) is 9.88. The van der Waals surface area contributed by atoms with Gasteiger partial charge in [0.05, 0.1) is 11.4 Å². The Labute approximate surface area is 190 Å². The summed E-state index contributed by atoms with van der Waals surface area (Å²) in [5, 5.41) is 1.86. The standard InChI is InChI=1S/C24H27FN2O2S2/c1-4-17(2)27(24(29)22-6-5-13-30-22)16-23(28)26(15-21-12-7-18(3)31-21)14-19-8-10-20(25)11-9-19/h5-13,17H,4,14-16H2,1-3H3/t17-/m1/s1. The first-order valence-electron chi connectivity index (χ1n) is 10.3. The van der Waals surface area contributed by atoms with Gasteiger partial charge in [0, 0.05) is 22.3 Å². The summed E-state index contributed by atoms with van der Waals surface area (Å²) in [4.78, 5) is 32.7. The molecule has 1 atom stereocenters. The van der Waals surface area contributed by atoms with E-state index in [2.05, 4.69) is 0 Å². The van der Waals surface area contributed by atoms with Gasteiger partial charge in [0.25, 0.3) is 5.91 Å². The lowest BCUT2D eigenvalue weighted by Crippen LogP contribution is -2.46. The highest BCUT2D eigenvalue weighted by atomic mass is 32.1. The number of rotatable bonds is 9. The molecule has 0 spiro atoms. The van der Waals surface area contributed by atoms with E-state index < -0.39 is 0 Å². The maximum atomic E-state index is 13.4. The van der Waals surface area contributed by atoms with Crippen LogP contribution in [0.5, 0.6) is 0 Å². The number of benzene rings is 1. The third kappa shape index (κ3) is 6.24. The summed E-state index contributed by atoms with van der Waals surface area (Å²) in [5.74, 6) is -0.549. The number of halogens is 1. The van der Waals surface area contributed by atoms with Crippen LogP contribution < -0.4 is 0 Å². The van der Waals surface area contributed by atoms with Crippen LogP contribution in [-0.2, 0) is 17.9 Å². The number of thiophene rings is 2. The molecule has 0 aliphatic rings. The fourth-order valence-corrected chi connectivity index (χ4v) is 4.82. The molecule has 4 nitrogen and oxygen atoms in total. The van der Waals surface area contributed by atoms with Crippen molar-refractivity contribution in [2.75, 3.05) is 6.54 Å². The van der Waals surface area contributed by atoms with Crippen molar-refractivity contribution < 1.29 is 14.0 Å². The van der Waals surface area contributed by atoms with Crippen molar-refractivity contribution in [3.05, 3.63) is 79.9 Å². The van der Waals surface area contributed by atoms with E-state index in [1.807, 2.05) is 44.4 Å². The van der Waals surface area contributed by atoms with Gasteiger partial charge in [-0.05, 0) is 61.5 Å². The molecule has 164 valence electrons. The summed E-state index contributed by atoms with van der Waals surface area (Å²) in [6, 6.07) is 13.8. The molecule has 7 heteroatoms. The highest BCUT2D eigenvalue weighted by molar-refractivity contribution is 7.12. The molecule has 0 unspecified atom stereocenters. The first kappa shape index (κ1) is 23.2. The fraction of sp³-hybridized carbons (Fsp3) is 0.333. The van der Waals surface area contributed by atoms with Crippen molar-refractivity contribution in [3.63, 3.8) is 0 Å². The molecular weight excluding hydrogens is 431 g/mol. The zero-order chi connectivity index (χ0) is 22.4. The third-order valence-electron chi connectivity index (χ3n) is 5.20. The van der Waals surface area contributed by atoms with Crippen LogP contribution in [-0.4, -0.2) is 34.2 Å². The Bertz CT molecular complexity index is 999. The summed E-state index contributed by atoms with van der Waals surface area (Å²) in [7, 11) is 0. The van der Waals surface area contributed by atoms with Gasteiger partial charge in [-0.1, -0.05) is 25.1 Å². The van der Waals surface area contributed by atoms with Gasteiger partial charge in [-0.25, -0.2) is 4.39 Å². The van der Waals surface area contributed by atoms with Crippen molar-refractivity contribution >= 4 is 34.5 Å². The first-order chi connectivity index (χ1) is 14.9. The molecule has 0 saturated carbocycles. The second-order valence-electron chi connectivity index (χ2n) is 7.56. The fourth-order valence-electron chi connectivity index (χ4n) is 3.24. The monoisotopic (exact) mass is 458 g/mol. The van der Waals surface area contributed by atoms with E-state index in [9.17, 15) is 14.0 Å². The average molecular weight is 459 g/mol. The van der Waals surface area contributed by atoms with Crippen molar-refractivity contribution in [2.24, 2.45) is 0 Å². The Morgan fingerprint density at radius 1 is 1.06 bits per heavy atom. The Morgan fingerprint density at radius 3 is 2.39 bits per heavy atom. The maximum Gasteiger partial charge on any atom is 0.264 e. The van der Waals surface area contributed by atoms with E-state index in [4.69, 9.17) is 0 Å². The Kier molecular flexibility index (Phi) is 7.98. The molecule has 2 amide bonds. The van der Waals surface area contributed by atoms with E-state index in [-0.39, 0.29) is 30.2 Å². The minimum atomic E-state index is -0.306. The average Bonchev–Trinajstić information content (AvgIpc) is 3.44. The van der Waals surface area contributed by atoms with Crippen LogP contribution in [0.2, 0.25) is 0 Å². The molecular formula is C24H27FN2O2S2. The summed E-state index contributed by atoms with van der Waals surface area (Å²) in [6.45, 7) is 6.83. The molecule has 3 rings (SSSR count). The highest BCUT2D eigenvalue weighted by Gasteiger charge is 2.26. The number of carbonyl (C=O) groups excluding carboxylic acids is 2. The number of amides is 2. The topological polar surface area (TPSA) is 40.6 Å². The van der Waals surface area contributed by atoms with Crippen LogP contribution in [0, 0.1) is 12.7 Å². The molecule has 0 fully saturated rings. The largest absolute Gasteiger partial charge is 0.332 e. The number of aryl methyl sites for hydroxylation is 1. The Balaban J connectivity index is 1.82. The van der Waals surface area contributed by atoms with Crippen molar-refractivity contribution in [1.82, 2.24) is 9.80 Å². The smallest absolute Gasteiger partial charge is 0.264 e. The van der Waals surface area contributed by atoms with Crippen LogP contribution in [0.15, 0.2) is 53.9 Å². The summed E-state index contributed by atoms with van der Waals surface area (Å²) >= 11 is 3.03. The lowest BCUT2D eigenvalue weighted by atomic mass is 10.2. The molecule has 3 aromatic rings. The van der Waals surface area contributed by atoms with E-state index in [0.29, 0.717) is 18.0 Å². The summed E-state index contributed by atoms with van der Waals surface area (Å²) in [5.41, 5.74) is 0.850. The van der Waals surface area contributed by atoms with Crippen LogP contribution in [0.1, 0.15) is 45.3 Å². The molecule has 0 saturated heterocycles. The van der Waals surface area contributed by atoms with Crippen molar-refractivity contribution in [3.8, 4) is 0 Å². The van der Waals surface area contributed by atoms with E-state index in [1.165, 1.54) is 28.3 Å². The SMILES string of the molecule is CC[C@@H](C)N(CC(=O)N(Cc1ccc(F)cc1)Cc1ccc(C)s1)C(=O)c1cccs1. The Morgan fingerprint density at radius 2 is 1.81 bits per heavy atom. The Hall–Kier alpha value is -2.51. The normalized spacial score (nSPS) is 11.9. The van der Waals surface area contributed by atoms with Crippen LogP contribution in [0.3, 0.4) is 0 Å². The molecule has 31 heavy (non-hydrogen) atoms. The van der Waals surface area contributed by atoms with Crippen LogP contribution in [0.25, 0.3) is 0 Å². The van der Waals surface area contributed by atoms with E-state index in [1.54, 1.807) is 39.3 Å². The second kappa shape index (κ2) is 10.7. The number of hydrogen-bond acceptors (Lipinski definition) is 4.